The Bertz CT molecular complexity index is 587. The molecule has 2 heteroatoms. The SMILES string of the molecule is Oc1ccc2ccc(C3C=CC=C3)nc2c1. The summed E-state index contributed by atoms with van der Waals surface area (Å²) < 4.78 is 0. The molecule has 1 aromatic heterocycles. The fourth-order valence-electron chi connectivity index (χ4n) is 1.94. The maximum absolute atomic E-state index is 9.42. The molecule has 0 saturated carbocycles. The number of fused-ring (bicyclic) bond motifs is 1. The first-order chi connectivity index (χ1) is 7.83. The molecule has 0 saturated heterocycles. The molecule has 3 rings (SSSR count). The standard InChI is InChI=1S/C14H11NO/c16-12-7-5-11-6-8-13(15-14(11)9-12)10-3-1-2-4-10/h1-10,16H. The number of phenolic OH excluding ortho intramolecular Hbond substituents is 1. The van der Waals surface area contributed by atoms with Crippen molar-refractivity contribution in [2.45, 2.75) is 5.92 Å². The van der Waals surface area contributed by atoms with Crippen molar-refractivity contribution in [3.63, 3.8) is 0 Å². The lowest BCUT2D eigenvalue weighted by Crippen LogP contribution is -1.93. The van der Waals surface area contributed by atoms with Crippen molar-refractivity contribution in [3.05, 3.63) is 60.3 Å². The molecule has 0 bridgehead atoms. The van der Waals surface area contributed by atoms with Gasteiger partial charge in [-0.2, -0.15) is 0 Å². The van der Waals surface area contributed by atoms with Gasteiger partial charge < -0.3 is 5.11 Å². The Kier molecular flexibility index (Phi) is 2.00. The van der Waals surface area contributed by atoms with E-state index in [1.165, 1.54) is 0 Å². The minimum atomic E-state index is 0.259. The van der Waals surface area contributed by atoms with Crippen molar-refractivity contribution in [2.75, 3.05) is 0 Å². The third kappa shape index (κ3) is 1.48. The first kappa shape index (κ1) is 9.16. The Morgan fingerprint density at radius 1 is 1.00 bits per heavy atom. The summed E-state index contributed by atoms with van der Waals surface area (Å²) in [5.74, 6) is 0.529. The van der Waals surface area contributed by atoms with Gasteiger partial charge in [-0.25, -0.2) is 0 Å². The molecule has 1 heterocycles. The topological polar surface area (TPSA) is 33.1 Å². The van der Waals surface area contributed by atoms with E-state index in [9.17, 15) is 5.11 Å². The van der Waals surface area contributed by atoms with E-state index in [4.69, 9.17) is 0 Å². The van der Waals surface area contributed by atoms with Gasteiger partial charge in [-0.05, 0) is 18.2 Å². The van der Waals surface area contributed by atoms with E-state index in [0.29, 0.717) is 0 Å². The van der Waals surface area contributed by atoms with E-state index in [1.54, 1.807) is 12.1 Å². The molecule has 0 atom stereocenters. The molecule has 2 nitrogen and oxygen atoms in total. The van der Waals surface area contributed by atoms with Crippen LogP contribution in [0.25, 0.3) is 10.9 Å². The molecule has 1 aliphatic rings. The highest BCUT2D eigenvalue weighted by Crippen LogP contribution is 2.25. The van der Waals surface area contributed by atoms with Crippen LogP contribution in [0.2, 0.25) is 0 Å². The van der Waals surface area contributed by atoms with Gasteiger partial charge in [0, 0.05) is 17.4 Å². The van der Waals surface area contributed by atoms with Crippen LogP contribution in [-0.2, 0) is 0 Å². The van der Waals surface area contributed by atoms with E-state index in [0.717, 1.165) is 16.6 Å². The molecule has 0 unspecified atom stereocenters. The number of phenols is 1. The maximum Gasteiger partial charge on any atom is 0.117 e. The molecule has 0 aliphatic heterocycles. The number of rotatable bonds is 1. The van der Waals surface area contributed by atoms with Gasteiger partial charge in [0.2, 0.25) is 0 Å². The van der Waals surface area contributed by atoms with Crippen molar-refractivity contribution in [1.82, 2.24) is 4.98 Å². The maximum atomic E-state index is 9.42. The molecule has 0 fully saturated rings. The molecule has 1 aromatic carbocycles. The summed E-state index contributed by atoms with van der Waals surface area (Å²) in [6.45, 7) is 0. The summed E-state index contributed by atoms with van der Waals surface area (Å²) in [5, 5.41) is 10.5. The first-order valence-electron chi connectivity index (χ1n) is 5.27. The highest BCUT2D eigenvalue weighted by molar-refractivity contribution is 5.80. The van der Waals surface area contributed by atoms with Gasteiger partial charge in [0.25, 0.3) is 0 Å². The number of hydrogen-bond donors (Lipinski definition) is 1. The molecule has 0 amide bonds. The normalized spacial score (nSPS) is 15.0. The fraction of sp³-hybridized carbons (Fsp3) is 0.0714. The second kappa shape index (κ2) is 3.49. The molecule has 78 valence electrons. The summed E-state index contributed by atoms with van der Waals surface area (Å²) in [6.07, 6.45) is 8.27. The van der Waals surface area contributed by atoms with Crippen molar-refractivity contribution in [3.8, 4) is 5.75 Å². The quantitative estimate of drug-likeness (QED) is 0.782. The predicted molar refractivity (Wildman–Crippen MR) is 64.4 cm³/mol. The molecule has 0 radical (unpaired) electrons. The molecule has 1 N–H and O–H groups in total. The predicted octanol–water partition coefficient (Wildman–Crippen LogP) is 3.15. The van der Waals surface area contributed by atoms with Crippen LogP contribution < -0.4 is 0 Å². The average Bonchev–Trinajstić information content (AvgIpc) is 2.81. The van der Waals surface area contributed by atoms with Crippen LogP contribution in [-0.4, -0.2) is 10.1 Å². The van der Waals surface area contributed by atoms with Crippen LogP contribution in [0.15, 0.2) is 54.6 Å². The summed E-state index contributed by atoms with van der Waals surface area (Å²) in [7, 11) is 0. The van der Waals surface area contributed by atoms with Crippen LogP contribution in [0.3, 0.4) is 0 Å². The minimum Gasteiger partial charge on any atom is -0.508 e. The number of allylic oxidation sites excluding steroid dienone is 4. The molecule has 1 aliphatic carbocycles. The third-order valence-electron chi connectivity index (χ3n) is 2.79. The van der Waals surface area contributed by atoms with Gasteiger partial charge in [-0.3, -0.25) is 4.98 Å². The number of benzene rings is 1. The molecular weight excluding hydrogens is 198 g/mol. The van der Waals surface area contributed by atoms with E-state index in [-0.39, 0.29) is 11.7 Å². The number of hydrogen-bond acceptors (Lipinski definition) is 2. The van der Waals surface area contributed by atoms with E-state index < -0.39 is 0 Å². The zero-order valence-electron chi connectivity index (χ0n) is 8.67. The monoisotopic (exact) mass is 209 g/mol. The first-order valence-corrected chi connectivity index (χ1v) is 5.27. The van der Waals surface area contributed by atoms with Crippen LogP contribution in [0, 0.1) is 0 Å². The Hall–Kier alpha value is -2.09. The van der Waals surface area contributed by atoms with Crippen molar-refractivity contribution in [1.29, 1.82) is 0 Å². The number of pyridine rings is 1. The van der Waals surface area contributed by atoms with Crippen LogP contribution in [0.1, 0.15) is 11.6 Å². The van der Waals surface area contributed by atoms with Crippen LogP contribution in [0.4, 0.5) is 0 Å². The van der Waals surface area contributed by atoms with Gasteiger partial charge in [0.15, 0.2) is 0 Å². The lowest BCUT2D eigenvalue weighted by atomic mass is 10.1. The van der Waals surface area contributed by atoms with Gasteiger partial charge in [-0.1, -0.05) is 30.4 Å². The van der Waals surface area contributed by atoms with E-state index >= 15 is 0 Å². The van der Waals surface area contributed by atoms with Gasteiger partial charge in [-0.15, -0.1) is 0 Å². The van der Waals surface area contributed by atoms with Crippen LogP contribution >= 0.6 is 0 Å². The Morgan fingerprint density at radius 3 is 2.56 bits per heavy atom. The lowest BCUT2D eigenvalue weighted by Gasteiger charge is -2.06. The largest absolute Gasteiger partial charge is 0.508 e. The molecule has 0 spiro atoms. The van der Waals surface area contributed by atoms with Gasteiger partial charge in [0.05, 0.1) is 11.2 Å². The fourth-order valence-corrected chi connectivity index (χ4v) is 1.94. The second-order valence-corrected chi connectivity index (χ2v) is 3.91. The number of nitrogens with zero attached hydrogens (tertiary/aromatic N) is 1. The average molecular weight is 209 g/mol. The van der Waals surface area contributed by atoms with Crippen LogP contribution in [0.5, 0.6) is 5.75 Å². The number of aromatic hydroxyl groups is 1. The lowest BCUT2D eigenvalue weighted by molar-refractivity contribution is 0.476. The Balaban J connectivity index is 2.14. The highest BCUT2D eigenvalue weighted by Gasteiger charge is 2.09. The summed E-state index contributed by atoms with van der Waals surface area (Å²) in [6, 6.07) is 9.32. The van der Waals surface area contributed by atoms with Crippen molar-refractivity contribution < 1.29 is 5.11 Å². The zero-order chi connectivity index (χ0) is 11.0. The van der Waals surface area contributed by atoms with E-state index in [2.05, 4.69) is 17.1 Å². The summed E-state index contributed by atoms with van der Waals surface area (Å²) >= 11 is 0. The van der Waals surface area contributed by atoms with Gasteiger partial charge in [0.1, 0.15) is 5.75 Å². The van der Waals surface area contributed by atoms with Crippen molar-refractivity contribution >= 4 is 10.9 Å². The van der Waals surface area contributed by atoms with E-state index in [1.807, 2.05) is 30.4 Å². The molecule has 16 heavy (non-hydrogen) atoms. The summed E-state index contributed by atoms with van der Waals surface area (Å²) in [4.78, 5) is 4.56. The minimum absolute atomic E-state index is 0.259. The Morgan fingerprint density at radius 2 is 1.75 bits per heavy atom. The Labute approximate surface area is 93.6 Å². The smallest absolute Gasteiger partial charge is 0.117 e. The van der Waals surface area contributed by atoms with Gasteiger partial charge >= 0.3 is 0 Å². The van der Waals surface area contributed by atoms with Crippen molar-refractivity contribution in [2.24, 2.45) is 0 Å². The molecular formula is C14H11NO. The number of aromatic nitrogens is 1. The second-order valence-electron chi connectivity index (χ2n) is 3.91. The zero-order valence-corrected chi connectivity index (χ0v) is 8.67. The third-order valence-corrected chi connectivity index (χ3v) is 2.79. The highest BCUT2D eigenvalue weighted by atomic mass is 16.3. The summed E-state index contributed by atoms with van der Waals surface area (Å²) in [5.41, 5.74) is 1.86. The molecule has 2 aromatic rings.